The Morgan fingerprint density at radius 2 is 1.89 bits per heavy atom. The number of fused-ring (bicyclic) bond motifs is 1. The Kier molecular flexibility index (Phi) is 11.4. The molecule has 0 saturated carbocycles. The molecule has 0 aromatic heterocycles. The van der Waals surface area contributed by atoms with E-state index in [4.69, 9.17) is 23.7 Å². The summed E-state index contributed by atoms with van der Waals surface area (Å²) in [6.45, 7) is 10.0. The molecule has 3 atom stereocenters. The largest absolute Gasteiger partial charge is 0.497 e. The molecule has 2 saturated heterocycles. The molecule has 0 bridgehead atoms. The molecule has 3 aliphatic heterocycles. The molecule has 2 aromatic rings. The third-order valence-corrected chi connectivity index (χ3v) is 9.29. The van der Waals surface area contributed by atoms with Crippen LogP contribution >= 0.6 is 0 Å². The molecule has 3 heterocycles. The lowest BCUT2D eigenvalue weighted by Gasteiger charge is -2.40. The predicted molar refractivity (Wildman–Crippen MR) is 172 cm³/mol. The van der Waals surface area contributed by atoms with Gasteiger partial charge in [-0.25, -0.2) is 0 Å². The minimum atomic E-state index is -0.492. The van der Waals surface area contributed by atoms with Crippen molar-refractivity contribution in [3.63, 3.8) is 0 Å². The summed E-state index contributed by atoms with van der Waals surface area (Å²) in [6.07, 6.45) is 4.37. The molecule has 242 valence electrons. The highest BCUT2D eigenvalue weighted by Gasteiger charge is 2.38. The van der Waals surface area contributed by atoms with Gasteiger partial charge in [0, 0.05) is 63.4 Å². The van der Waals surface area contributed by atoms with Gasteiger partial charge in [0.15, 0.2) is 0 Å². The third kappa shape index (κ3) is 8.44. The van der Waals surface area contributed by atoms with Crippen molar-refractivity contribution in [1.82, 2.24) is 10.6 Å². The Morgan fingerprint density at radius 1 is 1.09 bits per heavy atom. The second-order valence-electron chi connectivity index (χ2n) is 13.0. The minimum absolute atomic E-state index is 0.0103. The van der Waals surface area contributed by atoms with Crippen molar-refractivity contribution in [3.8, 4) is 11.5 Å². The van der Waals surface area contributed by atoms with Crippen molar-refractivity contribution in [1.29, 1.82) is 0 Å². The fourth-order valence-corrected chi connectivity index (χ4v) is 6.67. The molecule has 2 unspecified atom stereocenters. The third-order valence-electron chi connectivity index (χ3n) is 9.29. The van der Waals surface area contributed by atoms with Crippen LogP contribution in [0.1, 0.15) is 63.0 Å². The lowest BCUT2D eigenvalue weighted by molar-refractivity contribution is -0.131. The number of methoxy groups -OCH3 is 2. The number of benzene rings is 2. The van der Waals surface area contributed by atoms with Crippen LogP contribution < -0.4 is 25.0 Å². The summed E-state index contributed by atoms with van der Waals surface area (Å²) in [7, 11) is 3.44. The van der Waals surface area contributed by atoms with Gasteiger partial charge < -0.3 is 39.2 Å². The van der Waals surface area contributed by atoms with E-state index in [1.165, 1.54) is 5.56 Å². The highest BCUT2D eigenvalue weighted by molar-refractivity contribution is 5.82. The monoisotopic (exact) mass is 609 g/mol. The fraction of sp³-hybridized carbons (Fsp3) is 0.629. The van der Waals surface area contributed by atoms with Crippen LogP contribution in [0, 0.1) is 5.41 Å². The molecule has 5 rings (SSSR count). The number of ether oxygens (including phenoxy) is 5. The van der Waals surface area contributed by atoms with E-state index in [-0.39, 0.29) is 30.0 Å². The Morgan fingerprint density at radius 3 is 2.64 bits per heavy atom. The van der Waals surface area contributed by atoms with Crippen LogP contribution in [0.2, 0.25) is 0 Å². The first-order valence-electron chi connectivity index (χ1n) is 16.2. The highest BCUT2D eigenvalue weighted by atomic mass is 16.5. The summed E-state index contributed by atoms with van der Waals surface area (Å²) in [5.74, 6) is 2.08. The van der Waals surface area contributed by atoms with Gasteiger partial charge in [0.2, 0.25) is 5.91 Å². The standard InChI is InChI=1S/C35H51N3O6/c1-35(2,34(39)37-27-12-17-42-18-13-27)22-28-21-30(26-7-9-29(41-4)10-8-26)33(23-36-28)44-24-25-6-11-32-31(20-25)38(15-19-43-32)14-5-16-40-3/h6-11,20,27-28,30,33,36H,5,12-19,21-24H2,1-4H3,(H,37,39)/t28?,30?,33-/m0/s1. The van der Waals surface area contributed by atoms with Crippen molar-refractivity contribution < 1.29 is 28.5 Å². The fourth-order valence-electron chi connectivity index (χ4n) is 6.67. The number of piperidine rings is 1. The Balaban J connectivity index is 1.25. The molecule has 44 heavy (non-hydrogen) atoms. The normalized spacial score (nSPS) is 22.6. The van der Waals surface area contributed by atoms with Gasteiger partial charge in [-0.05, 0) is 67.5 Å². The number of nitrogens with zero attached hydrogens (tertiary/aromatic N) is 1. The van der Waals surface area contributed by atoms with E-state index < -0.39 is 5.41 Å². The maximum Gasteiger partial charge on any atom is 0.225 e. The van der Waals surface area contributed by atoms with E-state index in [1.807, 2.05) is 12.1 Å². The van der Waals surface area contributed by atoms with Crippen molar-refractivity contribution in [2.45, 2.75) is 76.7 Å². The van der Waals surface area contributed by atoms with E-state index in [2.05, 4.69) is 59.7 Å². The first-order valence-corrected chi connectivity index (χ1v) is 16.2. The minimum Gasteiger partial charge on any atom is -0.497 e. The van der Waals surface area contributed by atoms with Crippen LogP contribution in [0.4, 0.5) is 5.69 Å². The van der Waals surface area contributed by atoms with Crippen LogP contribution in [0.15, 0.2) is 42.5 Å². The topological polar surface area (TPSA) is 90.5 Å². The van der Waals surface area contributed by atoms with Gasteiger partial charge in [0.05, 0.1) is 32.1 Å². The molecule has 0 spiro atoms. The number of hydrogen-bond acceptors (Lipinski definition) is 8. The number of hydrogen-bond donors (Lipinski definition) is 2. The van der Waals surface area contributed by atoms with Crippen LogP contribution in [0.25, 0.3) is 0 Å². The maximum atomic E-state index is 13.3. The molecule has 2 aromatic carbocycles. The van der Waals surface area contributed by atoms with Gasteiger partial charge in [-0.1, -0.05) is 32.0 Å². The zero-order chi connectivity index (χ0) is 30.9. The molecule has 0 radical (unpaired) electrons. The quantitative estimate of drug-likeness (QED) is 0.317. The second-order valence-corrected chi connectivity index (χ2v) is 13.0. The van der Waals surface area contributed by atoms with Crippen molar-refractivity contribution in [2.75, 3.05) is 65.2 Å². The second kappa shape index (κ2) is 15.4. The van der Waals surface area contributed by atoms with Crippen LogP contribution in [-0.4, -0.2) is 84.4 Å². The lowest BCUT2D eigenvalue weighted by Crippen LogP contribution is -2.51. The van der Waals surface area contributed by atoms with Crippen LogP contribution in [-0.2, 0) is 25.6 Å². The molecule has 1 amide bonds. The van der Waals surface area contributed by atoms with E-state index in [0.717, 1.165) is 81.1 Å². The van der Waals surface area contributed by atoms with Crippen molar-refractivity contribution in [2.24, 2.45) is 5.41 Å². The molecule has 0 aliphatic carbocycles. The summed E-state index contributed by atoms with van der Waals surface area (Å²) in [6, 6.07) is 15.1. The average molecular weight is 610 g/mol. The number of carbonyl (C=O) groups is 1. The number of amides is 1. The molecule has 9 heteroatoms. The van der Waals surface area contributed by atoms with E-state index in [1.54, 1.807) is 14.2 Å². The highest BCUT2D eigenvalue weighted by Crippen LogP contribution is 2.37. The number of carbonyl (C=O) groups excluding carboxylic acids is 1. The maximum absolute atomic E-state index is 13.3. The van der Waals surface area contributed by atoms with Gasteiger partial charge in [-0.2, -0.15) is 0 Å². The molecule has 2 N–H and O–H groups in total. The van der Waals surface area contributed by atoms with E-state index in [0.29, 0.717) is 26.4 Å². The molecular weight excluding hydrogens is 558 g/mol. The first-order chi connectivity index (χ1) is 21.4. The average Bonchev–Trinajstić information content (AvgIpc) is 3.04. The van der Waals surface area contributed by atoms with Crippen LogP contribution in [0.5, 0.6) is 11.5 Å². The summed E-state index contributed by atoms with van der Waals surface area (Å²) in [4.78, 5) is 15.7. The summed E-state index contributed by atoms with van der Waals surface area (Å²) in [5.41, 5.74) is 3.00. The van der Waals surface area contributed by atoms with Gasteiger partial charge in [-0.3, -0.25) is 4.79 Å². The van der Waals surface area contributed by atoms with Gasteiger partial charge >= 0.3 is 0 Å². The molecule has 3 aliphatic rings. The van der Waals surface area contributed by atoms with Crippen molar-refractivity contribution >= 4 is 11.6 Å². The zero-order valence-electron chi connectivity index (χ0n) is 26.9. The number of rotatable bonds is 13. The smallest absolute Gasteiger partial charge is 0.225 e. The van der Waals surface area contributed by atoms with Gasteiger partial charge in [0.1, 0.15) is 18.1 Å². The molecular formula is C35H51N3O6. The Labute approximate surface area is 262 Å². The summed E-state index contributed by atoms with van der Waals surface area (Å²) in [5, 5.41) is 7.02. The SMILES string of the molecule is COCCCN1CCOc2ccc(CO[C@H]3CNC(CC(C)(C)C(=O)NC4CCOCC4)CC3c3ccc(OC)cc3)cc21. The summed E-state index contributed by atoms with van der Waals surface area (Å²) >= 11 is 0. The Hall–Kier alpha value is -2.85. The van der Waals surface area contributed by atoms with Crippen molar-refractivity contribution in [3.05, 3.63) is 53.6 Å². The van der Waals surface area contributed by atoms with Gasteiger partial charge in [-0.15, -0.1) is 0 Å². The Bertz CT molecular complexity index is 1200. The van der Waals surface area contributed by atoms with E-state index >= 15 is 0 Å². The molecule has 2 fully saturated rings. The van der Waals surface area contributed by atoms with Gasteiger partial charge in [0.25, 0.3) is 0 Å². The summed E-state index contributed by atoms with van der Waals surface area (Å²) < 4.78 is 28.8. The van der Waals surface area contributed by atoms with E-state index in [9.17, 15) is 4.79 Å². The zero-order valence-corrected chi connectivity index (χ0v) is 26.9. The first kappa shape index (κ1) is 32.5. The molecule has 9 nitrogen and oxygen atoms in total. The number of nitrogens with one attached hydrogen (secondary N) is 2. The van der Waals surface area contributed by atoms with Crippen LogP contribution in [0.3, 0.4) is 0 Å². The number of anilines is 1. The predicted octanol–water partition coefficient (Wildman–Crippen LogP) is 4.67. The lowest BCUT2D eigenvalue weighted by atomic mass is 9.77.